The van der Waals surface area contributed by atoms with Gasteiger partial charge in [-0.3, -0.25) is 4.79 Å². The highest BCUT2D eigenvalue weighted by Crippen LogP contribution is 2.31. The molecular formula is C14H19NO2. The van der Waals surface area contributed by atoms with Crippen LogP contribution in [0.2, 0.25) is 0 Å². The summed E-state index contributed by atoms with van der Waals surface area (Å²) in [5, 5.41) is 2.92. The van der Waals surface area contributed by atoms with Gasteiger partial charge in [-0.05, 0) is 49.9 Å². The Kier molecular flexibility index (Phi) is 3.79. The van der Waals surface area contributed by atoms with Crippen molar-refractivity contribution in [3.05, 3.63) is 28.8 Å². The van der Waals surface area contributed by atoms with Crippen LogP contribution in [-0.2, 0) is 12.8 Å². The van der Waals surface area contributed by atoms with Gasteiger partial charge < -0.3 is 10.1 Å². The van der Waals surface area contributed by atoms with E-state index >= 15 is 0 Å². The van der Waals surface area contributed by atoms with E-state index < -0.39 is 0 Å². The third kappa shape index (κ3) is 2.34. The van der Waals surface area contributed by atoms with Crippen LogP contribution in [0.25, 0.3) is 0 Å². The van der Waals surface area contributed by atoms with Crippen LogP contribution in [0.4, 0.5) is 0 Å². The van der Waals surface area contributed by atoms with E-state index in [4.69, 9.17) is 4.74 Å². The van der Waals surface area contributed by atoms with E-state index in [-0.39, 0.29) is 5.78 Å². The molecule has 2 rings (SSSR count). The molecule has 1 N–H and O–H groups in total. The Bertz CT molecular complexity index is 426. The van der Waals surface area contributed by atoms with Crippen LogP contribution in [0.1, 0.15) is 34.3 Å². The number of ether oxygens (including phenoxy) is 1. The highest BCUT2D eigenvalue weighted by molar-refractivity contribution is 6.01. The Morgan fingerprint density at radius 2 is 2.12 bits per heavy atom. The van der Waals surface area contributed by atoms with E-state index in [1.165, 1.54) is 24.0 Å². The minimum absolute atomic E-state index is 0.128. The van der Waals surface area contributed by atoms with E-state index in [1.807, 2.05) is 6.07 Å². The Morgan fingerprint density at radius 1 is 1.35 bits per heavy atom. The first-order valence-electron chi connectivity index (χ1n) is 6.14. The second-order valence-corrected chi connectivity index (χ2v) is 4.44. The van der Waals surface area contributed by atoms with Crippen LogP contribution in [0.5, 0.6) is 5.75 Å². The topological polar surface area (TPSA) is 38.3 Å². The van der Waals surface area contributed by atoms with Crippen molar-refractivity contribution >= 4 is 5.78 Å². The summed E-state index contributed by atoms with van der Waals surface area (Å²) in [6, 6.07) is 4.02. The van der Waals surface area contributed by atoms with Crippen molar-refractivity contribution < 1.29 is 9.53 Å². The predicted molar refractivity (Wildman–Crippen MR) is 67.9 cm³/mol. The van der Waals surface area contributed by atoms with Crippen LogP contribution in [0.3, 0.4) is 0 Å². The van der Waals surface area contributed by atoms with Gasteiger partial charge in [-0.15, -0.1) is 0 Å². The minimum atomic E-state index is 0.128. The zero-order chi connectivity index (χ0) is 12.3. The lowest BCUT2D eigenvalue weighted by molar-refractivity contribution is 0.0989. The number of rotatable bonds is 4. The van der Waals surface area contributed by atoms with Crippen LogP contribution in [-0.4, -0.2) is 26.5 Å². The highest BCUT2D eigenvalue weighted by Gasteiger charge is 2.21. The fourth-order valence-corrected chi connectivity index (χ4v) is 2.53. The van der Waals surface area contributed by atoms with Gasteiger partial charge in [-0.1, -0.05) is 6.07 Å². The van der Waals surface area contributed by atoms with Gasteiger partial charge in [0.1, 0.15) is 5.75 Å². The lowest BCUT2D eigenvalue weighted by Gasteiger charge is -2.20. The largest absolute Gasteiger partial charge is 0.496 e. The maximum atomic E-state index is 12.2. The first kappa shape index (κ1) is 12.1. The van der Waals surface area contributed by atoms with Gasteiger partial charge in [0.15, 0.2) is 5.78 Å². The van der Waals surface area contributed by atoms with Crippen LogP contribution >= 0.6 is 0 Å². The number of hydrogen-bond donors (Lipinski definition) is 1. The summed E-state index contributed by atoms with van der Waals surface area (Å²) in [6.07, 6.45) is 4.47. The number of ketones is 1. The van der Waals surface area contributed by atoms with Crippen molar-refractivity contribution in [3.63, 3.8) is 0 Å². The molecule has 0 amide bonds. The Balaban J connectivity index is 2.48. The van der Waals surface area contributed by atoms with Gasteiger partial charge in [0.25, 0.3) is 0 Å². The van der Waals surface area contributed by atoms with Crippen molar-refractivity contribution in [2.24, 2.45) is 0 Å². The molecule has 1 aliphatic rings. The second-order valence-electron chi connectivity index (χ2n) is 4.44. The van der Waals surface area contributed by atoms with Crippen molar-refractivity contribution in [1.29, 1.82) is 0 Å². The molecule has 17 heavy (non-hydrogen) atoms. The van der Waals surface area contributed by atoms with E-state index in [2.05, 4.69) is 11.4 Å². The number of benzene rings is 1. The molecule has 0 aliphatic heterocycles. The summed E-state index contributed by atoms with van der Waals surface area (Å²) >= 11 is 0. The molecule has 3 nitrogen and oxygen atoms in total. The summed E-state index contributed by atoms with van der Waals surface area (Å²) in [4.78, 5) is 12.2. The number of carbonyl (C=O) groups is 1. The highest BCUT2D eigenvalue weighted by atomic mass is 16.5. The summed E-state index contributed by atoms with van der Waals surface area (Å²) in [7, 11) is 3.42. The molecule has 0 spiro atoms. The van der Waals surface area contributed by atoms with E-state index in [9.17, 15) is 4.79 Å². The maximum absolute atomic E-state index is 12.2. The fraction of sp³-hybridized carbons (Fsp3) is 0.500. The Morgan fingerprint density at radius 3 is 2.82 bits per heavy atom. The van der Waals surface area contributed by atoms with Gasteiger partial charge >= 0.3 is 0 Å². The van der Waals surface area contributed by atoms with Crippen molar-refractivity contribution in [2.75, 3.05) is 20.7 Å². The summed E-state index contributed by atoms with van der Waals surface area (Å²) in [5.41, 5.74) is 3.31. The summed E-state index contributed by atoms with van der Waals surface area (Å²) < 4.78 is 5.33. The molecule has 0 heterocycles. The molecule has 1 aromatic carbocycles. The monoisotopic (exact) mass is 233 g/mol. The average molecular weight is 233 g/mol. The van der Waals surface area contributed by atoms with Gasteiger partial charge in [-0.2, -0.15) is 0 Å². The zero-order valence-corrected chi connectivity index (χ0v) is 10.5. The van der Waals surface area contributed by atoms with Crippen molar-refractivity contribution in [1.82, 2.24) is 5.32 Å². The van der Waals surface area contributed by atoms with Gasteiger partial charge in [0.05, 0.1) is 19.2 Å². The SMILES string of the molecule is CNCC(=O)c1c(OC)ccc2c1CCCC2. The number of carbonyl (C=O) groups excluding carboxylic acids is 1. The molecule has 0 saturated carbocycles. The number of fused-ring (bicyclic) bond motifs is 1. The standard InChI is InChI=1S/C14H19NO2/c1-15-9-12(16)14-11-6-4-3-5-10(11)7-8-13(14)17-2/h7-8,15H,3-6,9H2,1-2H3. The first-order valence-corrected chi connectivity index (χ1v) is 6.14. The lowest BCUT2D eigenvalue weighted by atomic mass is 9.86. The molecular weight excluding hydrogens is 214 g/mol. The predicted octanol–water partition coefficient (Wildman–Crippen LogP) is 1.98. The third-order valence-corrected chi connectivity index (χ3v) is 3.33. The smallest absolute Gasteiger partial charge is 0.180 e. The number of aryl methyl sites for hydroxylation is 1. The van der Waals surface area contributed by atoms with Crippen molar-refractivity contribution in [2.45, 2.75) is 25.7 Å². The second kappa shape index (κ2) is 5.32. The van der Waals surface area contributed by atoms with Gasteiger partial charge in [0.2, 0.25) is 0 Å². The van der Waals surface area contributed by atoms with Gasteiger partial charge in [-0.25, -0.2) is 0 Å². The molecule has 1 aromatic rings. The molecule has 0 radical (unpaired) electrons. The third-order valence-electron chi connectivity index (χ3n) is 3.33. The number of methoxy groups -OCH3 is 1. The number of likely N-dealkylation sites (N-methyl/N-ethyl adjacent to an activating group) is 1. The Hall–Kier alpha value is -1.35. The zero-order valence-electron chi connectivity index (χ0n) is 10.5. The van der Waals surface area contributed by atoms with Crippen LogP contribution in [0, 0.1) is 0 Å². The molecule has 1 aliphatic carbocycles. The molecule has 0 saturated heterocycles. The molecule has 0 atom stereocenters. The van der Waals surface area contributed by atoms with Gasteiger partial charge in [0, 0.05) is 0 Å². The molecule has 0 bridgehead atoms. The molecule has 3 heteroatoms. The number of nitrogens with one attached hydrogen (secondary N) is 1. The first-order chi connectivity index (χ1) is 8.27. The Labute approximate surface area is 102 Å². The van der Waals surface area contributed by atoms with E-state index in [1.54, 1.807) is 14.2 Å². The molecule has 92 valence electrons. The lowest BCUT2D eigenvalue weighted by Crippen LogP contribution is -2.22. The average Bonchev–Trinajstić information content (AvgIpc) is 2.37. The van der Waals surface area contributed by atoms with E-state index in [0.29, 0.717) is 12.3 Å². The molecule has 0 fully saturated rings. The van der Waals surface area contributed by atoms with Crippen molar-refractivity contribution in [3.8, 4) is 5.75 Å². The molecule has 0 aromatic heterocycles. The quantitative estimate of drug-likeness (QED) is 0.808. The van der Waals surface area contributed by atoms with Crippen LogP contribution < -0.4 is 10.1 Å². The maximum Gasteiger partial charge on any atom is 0.180 e. The summed E-state index contributed by atoms with van der Waals surface area (Å²) in [6.45, 7) is 0.368. The minimum Gasteiger partial charge on any atom is -0.496 e. The van der Waals surface area contributed by atoms with Crippen LogP contribution in [0.15, 0.2) is 12.1 Å². The summed E-state index contributed by atoms with van der Waals surface area (Å²) in [5.74, 6) is 0.842. The number of Topliss-reactive ketones (excluding diaryl/α,β-unsaturated/α-hetero) is 1. The number of hydrogen-bond acceptors (Lipinski definition) is 3. The normalized spacial score (nSPS) is 14.2. The molecule has 0 unspecified atom stereocenters. The fourth-order valence-electron chi connectivity index (χ4n) is 2.53. The van der Waals surface area contributed by atoms with E-state index in [0.717, 1.165) is 18.4 Å².